The molecule has 2 aliphatic carbocycles. The van der Waals surface area contributed by atoms with Gasteiger partial charge in [-0.1, -0.05) is 22.4 Å². The molecule has 0 heterocycles. The first-order valence-corrected chi connectivity index (χ1v) is 8.72. The van der Waals surface area contributed by atoms with Crippen molar-refractivity contribution < 1.29 is 9.47 Å². The van der Waals surface area contributed by atoms with Crippen LogP contribution in [-0.2, 0) is 5.41 Å². The molecule has 2 N–H and O–H groups in total. The third-order valence-corrected chi connectivity index (χ3v) is 5.78. The molecule has 116 valence electrons. The summed E-state index contributed by atoms with van der Waals surface area (Å²) in [5.74, 6) is 1.69. The zero-order chi connectivity index (χ0) is 14.9. The van der Waals surface area contributed by atoms with Crippen LogP contribution in [0.3, 0.4) is 0 Å². The van der Waals surface area contributed by atoms with Gasteiger partial charge in [0, 0.05) is 16.4 Å². The number of ether oxygens (including phenoxy) is 2. The van der Waals surface area contributed by atoms with Crippen LogP contribution in [0.1, 0.15) is 50.5 Å². The number of hydrogen-bond donors (Lipinski definition) is 1. The number of halogens is 1. The Morgan fingerprint density at radius 2 is 1.90 bits per heavy atom. The topological polar surface area (TPSA) is 44.5 Å². The highest BCUT2D eigenvalue weighted by Crippen LogP contribution is 2.48. The van der Waals surface area contributed by atoms with Gasteiger partial charge in [-0.25, -0.2) is 0 Å². The lowest BCUT2D eigenvalue weighted by Crippen LogP contribution is -2.41. The molecule has 3 nitrogen and oxygen atoms in total. The summed E-state index contributed by atoms with van der Waals surface area (Å²) >= 11 is 3.72. The van der Waals surface area contributed by atoms with Gasteiger partial charge in [-0.05, 0) is 56.2 Å². The van der Waals surface area contributed by atoms with E-state index in [4.69, 9.17) is 15.2 Å². The Labute approximate surface area is 135 Å². The summed E-state index contributed by atoms with van der Waals surface area (Å²) in [6.45, 7) is 0.692. The predicted molar refractivity (Wildman–Crippen MR) is 88.2 cm³/mol. The highest BCUT2D eigenvalue weighted by atomic mass is 79.9. The summed E-state index contributed by atoms with van der Waals surface area (Å²) in [6, 6.07) is 4.20. The molecule has 0 unspecified atom stereocenters. The lowest BCUT2D eigenvalue weighted by Gasteiger charge is -2.42. The molecule has 0 bridgehead atoms. The van der Waals surface area contributed by atoms with Gasteiger partial charge in [0.15, 0.2) is 11.5 Å². The molecule has 4 heteroatoms. The summed E-state index contributed by atoms with van der Waals surface area (Å²) in [6.07, 6.45) is 8.74. The van der Waals surface area contributed by atoms with E-state index in [0.717, 1.165) is 41.7 Å². The van der Waals surface area contributed by atoms with Gasteiger partial charge in [0.25, 0.3) is 0 Å². The number of nitrogens with two attached hydrogens (primary N) is 1. The molecule has 1 aromatic rings. The molecule has 0 aliphatic heterocycles. The molecule has 2 aliphatic rings. The lowest BCUT2D eigenvalue weighted by molar-refractivity contribution is 0.199. The van der Waals surface area contributed by atoms with Crippen molar-refractivity contribution >= 4 is 15.9 Å². The van der Waals surface area contributed by atoms with Gasteiger partial charge in [0.2, 0.25) is 0 Å². The van der Waals surface area contributed by atoms with Crippen molar-refractivity contribution in [3.05, 3.63) is 22.2 Å². The van der Waals surface area contributed by atoms with Crippen LogP contribution in [0.15, 0.2) is 16.6 Å². The first-order valence-electron chi connectivity index (χ1n) is 7.93. The second-order valence-electron chi connectivity index (χ2n) is 6.35. The Morgan fingerprint density at radius 1 is 1.19 bits per heavy atom. The van der Waals surface area contributed by atoms with Crippen LogP contribution >= 0.6 is 15.9 Å². The van der Waals surface area contributed by atoms with Crippen molar-refractivity contribution in [2.75, 3.05) is 13.7 Å². The van der Waals surface area contributed by atoms with E-state index in [-0.39, 0.29) is 5.41 Å². The van der Waals surface area contributed by atoms with Crippen LogP contribution < -0.4 is 15.2 Å². The molecule has 0 radical (unpaired) electrons. The van der Waals surface area contributed by atoms with E-state index in [1.807, 2.05) is 0 Å². The van der Waals surface area contributed by atoms with Crippen molar-refractivity contribution in [1.82, 2.24) is 0 Å². The predicted octanol–water partition coefficient (Wildman–Crippen LogP) is 4.16. The van der Waals surface area contributed by atoms with E-state index in [2.05, 4.69) is 28.1 Å². The van der Waals surface area contributed by atoms with Crippen molar-refractivity contribution in [2.45, 2.75) is 56.5 Å². The van der Waals surface area contributed by atoms with E-state index in [1.165, 1.54) is 24.8 Å². The maximum Gasteiger partial charge on any atom is 0.162 e. The normalized spacial score (nSPS) is 21.1. The monoisotopic (exact) mass is 353 g/mol. The Balaban J connectivity index is 1.90. The molecule has 0 atom stereocenters. The molecular formula is C17H24BrNO2. The molecule has 2 fully saturated rings. The molecule has 0 saturated heterocycles. The average Bonchev–Trinajstić information content (AvgIpc) is 2.93. The molecule has 0 aromatic heterocycles. The van der Waals surface area contributed by atoms with E-state index in [0.29, 0.717) is 12.6 Å². The zero-order valence-corrected chi connectivity index (χ0v) is 14.2. The molecular weight excluding hydrogens is 330 g/mol. The SMILES string of the molecule is COc1cc(C2(CN)CCC2)c(Br)cc1OC1CCCC1. The highest BCUT2D eigenvalue weighted by molar-refractivity contribution is 9.10. The smallest absolute Gasteiger partial charge is 0.162 e. The second-order valence-corrected chi connectivity index (χ2v) is 7.20. The fraction of sp³-hybridized carbons (Fsp3) is 0.647. The van der Waals surface area contributed by atoms with E-state index in [1.54, 1.807) is 7.11 Å². The van der Waals surface area contributed by atoms with Gasteiger partial charge in [-0.15, -0.1) is 0 Å². The molecule has 2 saturated carbocycles. The number of methoxy groups -OCH3 is 1. The van der Waals surface area contributed by atoms with Crippen molar-refractivity contribution in [2.24, 2.45) is 5.73 Å². The van der Waals surface area contributed by atoms with Crippen molar-refractivity contribution in [3.63, 3.8) is 0 Å². The van der Waals surface area contributed by atoms with Gasteiger partial charge in [0.1, 0.15) is 0 Å². The summed E-state index contributed by atoms with van der Waals surface area (Å²) in [7, 11) is 1.71. The van der Waals surface area contributed by atoms with Gasteiger partial charge >= 0.3 is 0 Å². The van der Waals surface area contributed by atoms with Gasteiger partial charge in [-0.3, -0.25) is 0 Å². The third-order valence-electron chi connectivity index (χ3n) is 5.12. The van der Waals surface area contributed by atoms with Gasteiger partial charge in [0.05, 0.1) is 13.2 Å². The fourth-order valence-electron chi connectivity index (χ4n) is 3.57. The summed E-state index contributed by atoms with van der Waals surface area (Å²) < 4.78 is 12.8. The van der Waals surface area contributed by atoms with Gasteiger partial charge < -0.3 is 15.2 Å². The van der Waals surface area contributed by atoms with Gasteiger partial charge in [-0.2, -0.15) is 0 Å². The zero-order valence-electron chi connectivity index (χ0n) is 12.7. The van der Waals surface area contributed by atoms with Crippen LogP contribution in [0.25, 0.3) is 0 Å². The van der Waals surface area contributed by atoms with Crippen LogP contribution in [0, 0.1) is 0 Å². The minimum Gasteiger partial charge on any atom is -0.493 e. The van der Waals surface area contributed by atoms with Crippen LogP contribution in [0.5, 0.6) is 11.5 Å². The number of benzene rings is 1. The van der Waals surface area contributed by atoms with Crippen LogP contribution in [-0.4, -0.2) is 19.8 Å². The maximum atomic E-state index is 6.14. The first kappa shape index (κ1) is 15.2. The first-order chi connectivity index (χ1) is 10.2. The Kier molecular flexibility index (Phi) is 4.46. The minimum absolute atomic E-state index is 0.123. The highest BCUT2D eigenvalue weighted by Gasteiger charge is 2.39. The largest absolute Gasteiger partial charge is 0.493 e. The lowest BCUT2D eigenvalue weighted by atomic mass is 9.64. The molecule has 0 amide bonds. The molecule has 21 heavy (non-hydrogen) atoms. The molecule has 3 rings (SSSR count). The summed E-state index contributed by atoms with van der Waals surface area (Å²) in [4.78, 5) is 0. The molecule has 1 aromatic carbocycles. The summed E-state index contributed by atoms with van der Waals surface area (Å²) in [5, 5.41) is 0. The van der Waals surface area contributed by atoms with E-state index >= 15 is 0 Å². The summed E-state index contributed by atoms with van der Waals surface area (Å²) in [5.41, 5.74) is 7.43. The van der Waals surface area contributed by atoms with Crippen molar-refractivity contribution in [1.29, 1.82) is 0 Å². The van der Waals surface area contributed by atoms with Crippen LogP contribution in [0.2, 0.25) is 0 Å². The average molecular weight is 354 g/mol. The second kappa shape index (κ2) is 6.17. The number of hydrogen-bond acceptors (Lipinski definition) is 3. The fourth-order valence-corrected chi connectivity index (χ4v) is 4.31. The van der Waals surface area contributed by atoms with E-state index in [9.17, 15) is 0 Å². The molecule has 0 spiro atoms. The van der Waals surface area contributed by atoms with Crippen molar-refractivity contribution in [3.8, 4) is 11.5 Å². The Hall–Kier alpha value is -0.740. The van der Waals surface area contributed by atoms with Crippen LogP contribution in [0.4, 0.5) is 0 Å². The minimum atomic E-state index is 0.123. The number of rotatable bonds is 5. The standard InChI is InChI=1S/C17H24BrNO2/c1-20-15-9-13(17(11-19)7-4-8-17)14(18)10-16(15)21-12-5-2-3-6-12/h9-10,12H,2-8,11,19H2,1H3. The Morgan fingerprint density at radius 3 is 2.43 bits per heavy atom. The quantitative estimate of drug-likeness (QED) is 0.864. The third kappa shape index (κ3) is 2.80. The Bertz CT molecular complexity index is 502. The van der Waals surface area contributed by atoms with E-state index < -0.39 is 0 Å². The maximum absolute atomic E-state index is 6.14.